The Balaban J connectivity index is 2.31. The van der Waals surface area contributed by atoms with E-state index < -0.39 is 0 Å². The van der Waals surface area contributed by atoms with Gasteiger partial charge in [0.05, 0.1) is 6.04 Å². The second-order valence-electron chi connectivity index (χ2n) is 4.57. The smallest absolute Gasteiger partial charge is 0.0603 e. The zero-order valence-electron chi connectivity index (χ0n) is 11.0. The fourth-order valence-corrected chi connectivity index (χ4v) is 3.13. The number of rotatable bonds is 4. The van der Waals surface area contributed by atoms with Crippen molar-refractivity contribution in [3.63, 3.8) is 0 Å². The molecule has 0 bridgehead atoms. The third-order valence-corrected chi connectivity index (χ3v) is 4.63. The Morgan fingerprint density at radius 2 is 2.11 bits per heavy atom. The molecule has 0 amide bonds. The van der Waals surface area contributed by atoms with E-state index in [-0.39, 0.29) is 0 Å². The highest BCUT2D eigenvalue weighted by Gasteiger charge is 2.15. The number of anilines is 1. The summed E-state index contributed by atoms with van der Waals surface area (Å²) >= 11 is 7.85. The maximum Gasteiger partial charge on any atom is 0.0603 e. The van der Waals surface area contributed by atoms with Crippen LogP contribution in [-0.4, -0.2) is 7.05 Å². The van der Waals surface area contributed by atoms with Gasteiger partial charge in [0.1, 0.15) is 0 Å². The average Bonchev–Trinajstić information content (AvgIpc) is 2.90. The van der Waals surface area contributed by atoms with Gasteiger partial charge in [0.2, 0.25) is 0 Å². The summed E-state index contributed by atoms with van der Waals surface area (Å²) in [4.78, 5) is 3.67. The van der Waals surface area contributed by atoms with Gasteiger partial charge in [-0.05, 0) is 36.9 Å². The molecule has 1 unspecified atom stereocenters. The first-order valence-electron chi connectivity index (χ1n) is 6.05. The Labute approximate surface area is 118 Å². The first-order chi connectivity index (χ1) is 8.63. The molecule has 1 heterocycles. The lowest BCUT2D eigenvalue weighted by atomic mass is 10.1. The maximum atomic E-state index is 6.05. The molecule has 1 nitrogen and oxygen atoms in total. The molecule has 0 saturated heterocycles. The van der Waals surface area contributed by atoms with Crippen LogP contribution in [0.25, 0.3) is 0 Å². The fourth-order valence-electron chi connectivity index (χ4n) is 2.09. The van der Waals surface area contributed by atoms with Crippen molar-refractivity contribution in [2.24, 2.45) is 0 Å². The van der Waals surface area contributed by atoms with Gasteiger partial charge in [-0.1, -0.05) is 23.8 Å². The van der Waals surface area contributed by atoms with Crippen LogP contribution in [0.1, 0.15) is 29.0 Å². The zero-order chi connectivity index (χ0) is 13.1. The van der Waals surface area contributed by atoms with E-state index in [2.05, 4.69) is 61.5 Å². The summed E-state index contributed by atoms with van der Waals surface area (Å²) in [5, 5.41) is 2.12. The number of alkyl halides is 1. The van der Waals surface area contributed by atoms with Gasteiger partial charge in [-0.3, -0.25) is 0 Å². The van der Waals surface area contributed by atoms with Crippen LogP contribution in [-0.2, 0) is 5.88 Å². The summed E-state index contributed by atoms with van der Waals surface area (Å²) in [5.41, 5.74) is 3.67. The van der Waals surface area contributed by atoms with E-state index in [4.69, 9.17) is 11.6 Å². The minimum Gasteiger partial charge on any atom is -0.367 e. The summed E-state index contributed by atoms with van der Waals surface area (Å²) < 4.78 is 0. The maximum absolute atomic E-state index is 6.05. The molecule has 1 atom stereocenters. The van der Waals surface area contributed by atoms with Gasteiger partial charge in [-0.15, -0.1) is 22.9 Å². The van der Waals surface area contributed by atoms with E-state index in [0.717, 1.165) is 0 Å². The van der Waals surface area contributed by atoms with Gasteiger partial charge in [-0.2, -0.15) is 0 Å². The second kappa shape index (κ2) is 5.77. The van der Waals surface area contributed by atoms with Crippen LogP contribution >= 0.6 is 22.9 Å². The lowest BCUT2D eigenvalue weighted by molar-refractivity contribution is 0.751. The summed E-state index contributed by atoms with van der Waals surface area (Å²) in [6.07, 6.45) is 0. The van der Waals surface area contributed by atoms with E-state index in [1.165, 1.54) is 21.7 Å². The number of benzene rings is 1. The van der Waals surface area contributed by atoms with Gasteiger partial charge in [-0.25, -0.2) is 0 Å². The van der Waals surface area contributed by atoms with Crippen LogP contribution < -0.4 is 4.90 Å². The average molecular weight is 280 g/mol. The van der Waals surface area contributed by atoms with Crippen molar-refractivity contribution in [2.45, 2.75) is 25.8 Å². The first-order valence-corrected chi connectivity index (χ1v) is 7.46. The highest BCUT2D eigenvalue weighted by molar-refractivity contribution is 7.10. The molecular weight excluding hydrogens is 262 g/mol. The molecule has 2 aromatic rings. The van der Waals surface area contributed by atoms with Crippen LogP contribution in [0.3, 0.4) is 0 Å². The Morgan fingerprint density at radius 3 is 2.72 bits per heavy atom. The number of thiophene rings is 1. The number of nitrogens with zero attached hydrogens (tertiary/aromatic N) is 1. The third kappa shape index (κ3) is 2.70. The minimum atomic E-state index is 0.370. The minimum absolute atomic E-state index is 0.370. The topological polar surface area (TPSA) is 3.24 Å². The predicted molar refractivity (Wildman–Crippen MR) is 81.9 cm³/mol. The normalized spacial score (nSPS) is 12.4. The van der Waals surface area contributed by atoms with Crippen LogP contribution in [0, 0.1) is 6.92 Å². The molecule has 3 heteroatoms. The molecule has 0 aliphatic heterocycles. The highest BCUT2D eigenvalue weighted by Crippen LogP contribution is 2.31. The largest absolute Gasteiger partial charge is 0.367 e. The van der Waals surface area contributed by atoms with E-state index in [0.29, 0.717) is 11.9 Å². The fraction of sp³-hybridized carbons (Fsp3) is 0.333. The molecule has 1 aromatic heterocycles. The molecule has 2 rings (SSSR count). The highest BCUT2D eigenvalue weighted by atomic mass is 35.5. The van der Waals surface area contributed by atoms with Gasteiger partial charge in [0, 0.05) is 23.5 Å². The Hall–Kier alpha value is -0.990. The first kappa shape index (κ1) is 13.4. The van der Waals surface area contributed by atoms with Crippen molar-refractivity contribution >= 4 is 28.6 Å². The van der Waals surface area contributed by atoms with E-state index >= 15 is 0 Å². The summed E-state index contributed by atoms with van der Waals surface area (Å²) in [6.45, 7) is 4.33. The van der Waals surface area contributed by atoms with Crippen molar-refractivity contribution in [1.82, 2.24) is 0 Å². The third-order valence-electron chi connectivity index (χ3n) is 3.29. The number of halogens is 1. The predicted octanol–water partition coefficient (Wildman–Crippen LogP) is 4.99. The van der Waals surface area contributed by atoms with E-state index in [1.54, 1.807) is 11.3 Å². The molecule has 0 radical (unpaired) electrons. The van der Waals surface area contributed by atoms with Crippen LogP contribution in [0.15, 0.2) is 35.7 Å². The van der Waals surface area contributed by atoms with Crippen LogP contribution in [0.2, 0.25) is 0 Å². The number of hydrogen-bond donors (Lipinski definition) is 0. The SMILES string of the molecule is Cc1ccc(N(C)C(C)c2cccs2)c(CCl)c1. The Kier molecular flexibility index (Phi) is 4.31. The summed E-state index contributed by atoms with van der Waals surface area (Å²) in [6, 6.07) is 11.1. The lowest BCUT2D eigenvalue weighted by Gasteiger charge is -2.28. The lowest BCUT2D eigenvalue weighted by Crippen LogP contribution is -2.22. The number of aryl methyl sites for hydroxylation is 1. The summed E-state index contributed by atoms with van der Waals surface area (Å²) in [5.74, 6) is 0.554. The molecule has 18 heavy (non-hydrogen) atoms. The molecule has 1 aromatic carbocycles. The van der Waals surface area contributed by atoms with E-state index in [1.807, 2.05) is 0 Å². The van der Waals surface area contributed by atoms with Crippen molar-refractivity contribution in [3.8, 4) is 0 Å². The quantitative estimate of drug-likeness (QED) is 0.713. The standard InChI is InChI=1S/C15H18ClNS/c1-11-6-7-14(13(9-11)10-16)17(3)12(2)15-5-4-8-18-15/h4-9,12H,10H2,1-3H3. The number of hydrogen-bond acceptors (Lipinski definition) is 2. The molecule has 0 aliphatic carbocycles. The molecular formula is C15H18ClNS. The van der Waals surface area contributed by atoms with Crippen molar-refractivity contribution in [3.05, 3.63) is 51.7 Å². The van der Waals surface area contributed by atoms with Crippen molar-refractivity contribution < 1.29 is 0 Å². The molecule has 96 valence electrons. The Morgan fingerprint density at radius 1 is 1.33 bits per heavy atom. The zero-order valence-corrected chi connectivity index (χ0v) is 12.6. The van der Waals surface area contributed by atoms with Crippen molar-refractivity contribution in [2.75, 3.05) is 11.9 Å². The van der Waals surface area contributed by atoms with Gasteiger partial charge >= 0.3 is 0 Å². The van der Waals surface area contributed by atoms with Crippen LogP contribution in [0.5, 0.6) is 0 Å². The van der Waals surface area contributed by atoms with Gasteiger partial charge in [0.25, 0.3) is 0 Å². The molecule has 0 saturated carbocycles. The molecule has 0 aliphatic rings. The van der Waals surface area contributed by atoms with Crippen LogP contribution in [0.4, 0.5) is 5.69 Å². The van der Waals surface area contributed by atoms with E-state index in [9.17, 15) is 0 Å². The van der Waals surface area contributed by atoms with Gasteiger partial charge < -0.3 is 4.90 Å². The monoisotopic (exact) mass is 279 g/mol. The molecule has 0 N–H and O–H groups in total. The van der Waals surface area contributed by atoms with Gasteiger partial charge in [0.15, 0.2) is 0 Å². The molecule has 0 fully saturated rings. The second-order valence-corrected chi connectivity index (χ2v) is 5.81. The molecule has 0 spiro atoms. The summed E-state index contributed by atoms with van der Waals surface area (Å²) in [7, 11) is 2.13. The van der Waals surface area contributed by atoms with Crippen molar-refractivity contribution in [1.29, 1.82) is 0 Å². The Bertz CT molecular complexity index is 507.